The van der Waals surface area contributed by atoms with E-state index in [2.05, 4.69) is 13.8 Å². The van der Waals surface area contributed by atoms with Crippen molar-refractivity contribution in [1.82, 2.24) is 14.0 Å². The molecule has 0 N–H and O–H groups in total. The minimum Gasteiger partial charge on any atom is -0.493 e. The normalized spacial score (nSPS) is 12.3. The molecule has 4 aromatic rings. The molecule has 0 atom stereocenters. The largest absolute Gasteiger partial charge is 0.493 e. The number of aromatic nitrogens is 3. The van der Waals surface area contributed by atoms with Gasteiger partial charge in [-0.3, -0.25) is 9.48 Å². The van der Waals surface area contributed by atoms with E-state index in [4.69, 9.17) is 24.3 Å². The fourth-order valence-electron chi connectivity index (χ4n) is 4.40. The molecule has 0 saturated heterocycles. The van der Waals surface area contributed by atoms with Gasteiger partial charge in [0.25, 0.3) is 5.56 Å². The molecule has 0 aliphatic rings. The second-order valence-corrected chi connectivity index (χ2v) is 10.8. The van der Waals surface area contributed by atoms with E-state index in [1.165, 1.54) is 11.3 Å². The molecule has 10 heteroatoms. The Morgan fingerprint density at radius 3 is 2.25 bits per heavy atom. The van der Waals surface area contributed by atoms with Gasteiger partial charge in [-0.2, -0.15) is 5.10 Å². The molecule has 0 radical (unpaired) electrons. The summed E-state index contributed by atoms with van der Waals surface area (Å²) in [5.74, 6) is 2.15. The highest BCUT2D eigenvalue weighted by Gasteiger charge is 2.19. The maximum atomic E-state index is 13.6. The van der Waals surface area contributed by atoms with Crippen molar-refractivity contribution in [3.05, 3.63) is 68.7 Å². The molecule has 9 nitrogen and oxygen atoms in total. The van der Waals surface area contributed by atoms with Gasteiger partial charge in [0.1, 0.15) is 0 Å². The molecular weight excluding hydrogens is 526 g/mol. The molecule has 2 aromatic carbocycles. The number of hydrogen-bond donors (Lipinski definition) is 0. The quantitative estimate of drug-likeness (QED) is 0.224. The Hall–Kier alpha value is -4.05. The molecule has 0 bridgehead atoms. The van der Waals surface area contributed by atoms with Crippen molar-refractivity contribution >= 4 is 22.7 Å². The van der Waals surface area contributed by atoms with Crippen LogP contribution in [0.15, 0.2) is 62.7 Å². The molecule has 40 heavy (non-hydrogen) atoms. The van der Waals surface area contributed by atoms with Gasteiger partial charge in [-0.15, -0.1) is 11.3 Å². The average molecular weight is 564 g/mol. The van der Waals surface area contributed by atoms with Crippen molar-refractivity contribution in [3.8, 4) is 34.2 Å². The van der Waals surface area contributed by atoms with Gasteiger partial charge in [0, 0.05) is 23.7 Å². The Balaban J connectivity index is 1.95. The van der Waals surface area contributed by atoms with E-state index < -0.39 is 0 Å². The maximum absolute atomic E-state index is 13.6. The Labute approximate surface area is 238 Å². The van der Waals surface area contributed by atoms with Crippen LogP contribution in [-0.4, -0.2) is 41.1 Å². The minimum absolute atomic E-state index is 0.194. The molecule has 0 amide bonds. The van der Waals surface area contributed by atoms with E-state index in [1.807, 2.05) is 73.4 Å². The van der Waals surface area contributed by atoms with Crippen LogP contribution >= 0.6 is 11.3 Å². The summed E-state index contributed by atoms with van der Waals surface area (Å²) in [6, 6.07) is 13.3. The van der Waals surface area contributed by atoms with Crippen LogP contribution in [0.2, 0.25) is 0 Å². The Morgan fingerprint density at radius 1 is 1.02 bits per heavy atom. The lowest BCUT2D eigenvalue weighted by Crippen LogP contribution is -2.20. The van der Waals surface area contributed by atoms with Crippen molar-refractivity contribution in [3.63, 3.8) is 0 Å². The zero-order valence-corrected chi connectivity index (χ0v) is 25.2. The number of thiazole rings is 1. The van der Waals surface area contributed by atoms with E-state index in [-0.39, 0.29) is 5.56 Å². The Morgan fingerprint density at radius 2 is 1.68 bits per heavy atom. The predicted molar refractivity (Wildman–Crippen MR) is 161 cm³/mol. The average Bonchev–Trinajstić information content (AvgIpc) is 3.44. The first-order valence-electron chi connectivity index (χ1n) is 13.1. The van der Waals surface area contributed by atoms with Gasteiger partial charge in [0.15, 0.2) is 17.2 Å². The topological polar surface area (TPSA) is 84.3 Å². The summed E-state index contributed by atoms with van der Waals surface area (Å²) in [6.45, 7) is 8.31. The molecule has 0 aliphatic carbocycles. The van der Waals surface area contributed by atoms with E-state index >= 15 is 0 Å². The van der Waals surface area contributed by atoms with Gasteiger partial charge in [-0.1, -0.05) is 32.0 Å². The van der Waals surface area contributed by atoms with Crippen LogP contribution in [0.3, 0.4) is 0 Å². The van der Waals surface area contributed by atoms with Crippen molar-refractivity contribution in [2.24, 2.45) is 23.1 Å². The number of para-hydroxylation sites is 1. The molecule has 2 heterocycles. The van der Waals surface area contributed by atoms with Crippen LogP contribution in [0, 0.1) is 12.8 Å². The van der Waals surface area contributed by atoms with Crippen LogP contribution < -0.4 is 24.6 Å². The monoisotopic (exact) mass is 563 g/mol. The number of hydrogen-bond acceptors (Lipinski definition) is 7. The third-order valence-electron chi connectivity index (χ3n) is 6.73. The van der Waals surface area contributed by atoms with Gasteiger partial charge >= 0.3 is 0 Å². The first-order chi connectivity index (χ1) is 19.2. The maximum Gasteiger partial charge on any atom is 0.297 e. The number of benzene rings is 2. The van der Waals surface area contributed by atoms with Gasteiger partial charge in [0.2, 0.25) is 10.6 Å². The van der Waals surface area contributed by atoms with Crippen LogP contribution in [0.5, 0.6) is 17.2 Å². The molecule has 0 unspecified atom stereocenters. The van der Waals surface area contributed by atoms with E-state index in [0.717, 1.165) is 41.2 Å². The van der Waals surface area contributed by atoms with Crippen molar-refractivity contribution in [1.29, 1.82) is 0 Å². The van der Waals surface area contributed by atoms with Gasteiger partial charge in [-0.05, 0) is 56.9 Å². The standard InChI is InChI=1S/C30H37N5O4S/c1-19(2)14-15-20(3)32-34-24(22-16-25(37-6)28(39-8)26(17-22)38-7)18-40-30(34)31-27-21(4)33(5)35(29(27)36)23-12-10-9-11-13-23/h9-13,16-19H,14-15H2,1-8H3. The summed E-state index contributed by atoms with van der Waals surface area (Å²) >= 11 is 1.42. The number of methoxy groups -OCH3 is 3. The van der Waals surface area contributed by atoms with Crippen LogP contribution in [0.4, 0.5) is 5.69 Å². The second-order valence-electron chi connectivity index (χ2n) is 9.92. The number of ether oxygens (including phenoxy) is 3. The van der Waals surface area contributed by atoms with Crippen LogP contribution in [0.25, 0.3) is 16.9 Å². The molecule has 212 valence electrons. The van der Waals surface area contributed by atoms with Crippen LogP contribution in [0.1, 0.15) is 39.3 Å². The smallest absolute Gasteiger partial charge is 0.297 e. The summed E-state index contributed by atoms with van der Waals surface area (Å²) < 4.78 is 22.0. The van der Waals surface area contributed by atoms with Gasteiger partial charge in [-0.25, -0.2) is 14.4 Å². The van der Waals surface area contributed by atoms with Gasteiger partial charge in [0.05, 0.1) is 38.4 Å². The molecule has 0 spiro atoms. The highest BCUT2D eigenvalue weighted by molar-refractivity contribution is 7.07. The summed E-state index contributed by atoms with van der Waals surface area (Å²) in [5, 5.41) is 6.96. The minimum atomic E-state index is -0.194. The van der Waals surface area contributed by atoms with Crippen molar-refractivity contribution in [2.45, 2.75) is 40.5 Å². The van der Waals surface area contributed by atoms with Crippen LogP contribution in [-0.2, 0) is 7.05 Å². The summed E-state index contributed by atoms with van der Waals surface area (Å²) in [5.41, 5.74) is 4.29. The van der Waals surface area contributed by atoms with E-state index in [1.54, 1.807) is 30.7 Å². The Bertz CT molecular complexity index is 1620. The predicted octanol–water partition coefficient (Wildman–Crippen LogP) is 5.93. The van der Waals surface area contributed by atoms with Crippen molar-refractivity contribution in [2.75, 3.05) is 21.3 Å². The molecule has 2 aromatic heterocycles. The van der Waals surface area contributed by atoms with Gasteiger partial charge < -0.3 is 14.2 Å². The molecular formula is C30H37N5O4S. The first kappa shape index (κ1) is 28.9. The highest BCUT2D eigenvalue weighted by atomic mass is 32.1. The zero-order valence-electron chi connectivity index (χ0n) is 24.4. The lowest BCUT2D eigenvalue weighted by molar-refractivity contribution is 0.324. The third kappa shape index (κ3) is 5.77. The number of nitrogens with zero attached hydrogens (tertiary/aromatic N) is 5. The number of rotatable bonds is 10. The Kier molecular flexibility index (Phi) is 8.99. The highest BCUT2D eigenvalue weighted by Crippen LogP contribution is 2.41. The lowest BCUT2D eigenvalue weighted by Gasteiger charge is -2.14. The molecule has 4 rings (SSSR count). The SMILES string of the molecule is COc1cc(-c2csc(=Nc3c(C)n(C)n(-c4ccccc4)c3=O)n2N=C(C)CCC(C)C)cc(OC)c1OC. The fourth-order valence-corrected chi connectivity index (χ4v) is 5.23. The lowest BCUT2D eigenvalue weighted by atomic mass is 10.1. The molecule has 0 fully saturated rings. The molecule has 0 saturated carbocycles. The summed E-state index contributed by atoms with van der Waals surface area (Å²) in [4.78, 5) is 19.1. The van der Waals surface area contributed by atoms with Crippen molar-refractivity contribution < 1.29 is 14.2 Å². The fraction of sp³-hybridized carbons (Fsp3) is 0.367. The second kappa shape index (κ2) is 12.4. The van der Waals surface area contributed by atoms with E-state index in [0.29, 0.717) is 33.7 Å². The zero-order chi connectivity index (χ0) is 29.0. The third-order valence-corrected chi connectivity index (χ3v) is 7.55. The molecule has 0 aliphatic heterocycles. The summed E-state index contributed by atoms with van der Waals surface area (Å²) in [7, 11) is 6.62. The first-order valence-corrected chi connectivity index (χ1v) is 14.0. The summed E-state index contributed by atoms with van der Waals surface area (Å²) in [6.07, 6.45) is 1.87. The van der Waals surface area contributed by atoms with E-state index in [9.17, 15) is 4.79 Å².